The summed E-state index contributed by atoms with van der Waals surface area (Å²) in [5.41, 5.74) is 1.04. The number of hydrogen-bond acceptors (Lipinski definition) is 1. The summed E-state index contributed by atoms with van der Waals surface area (Å²) >= 11 is 3.09. The summed E-state index contributed by atoms with van der Waals surface area (Å²) in [5.74, 6) is -1.05. The molecule has 1 fully saturated rings. The molecule has 104 valence electrons. The van der Waals surface area contributed by atoms with Crippen LogP contribution >= 0.6 is 15.9 Å². The van der Waals surface area contributed by atoms with E-state index < -0.39 is 11.6 Å². The molecule has 19 heavy (non-hydrogen) atoms. The van der Waals surface area contributed by atoms with Gasteiger partial charge in [-0.15, -0.1) is 0 Å². The first kappa shape index (κ1) is 14.7. The van der Waals surface area contributed by atoms with Crippen LogP contribution in [0.25, 0.3) is 6.08 Å². The fourth-order valence-electron chi connectivity index (χ4n) is 2.47. The SMILES string of the molecule is C/C(=C/c1c(F)ccc(Br)c1F)CC1CCCCN1. The molecule has 0 spiro atoms. The van der Waals surface area contributed by atoms with Crippen molar-refractivity contribution in [3.05, 3.63) is 39.4 Å². The Morgan fingerprint density at radius 2 is 2.21 bits per heavy atom. The number of rotatable bonds is 3. The van der Waals surface area contributed by atoms with Crippen LogP contribution in [-0.4, -0.2) is 12.6 Å². The first-order valence-electron chi connectivity index (χ1n) is 6.62. The third-order valence-corrected chi connectivity index (χ3v) is 4.06. The van der Waals surface area contributed by atoms with Crippen LogP contribution < -0.4 is 5.32 Å². The van der Waals surface area contributed by atoms with Crippen molar-refractivity contribution in [2.24, 2.45) is 0 Å². The normalized spacial score (nSPS) is 20.6. The average Bonchev–Trinajstić information content (AvgIpc) is 2.40. The summed E-state index contributed by atoms with van der Waals surface area (Å²) in [4.78, 5) is 0. The molecule has 1 nitrogen and oxygen atoms in total. The zero-order valence-electron chi connectivity index (χ0n) is 11.0. The van der Waals surface area contributed by atoms with Gasteiger partial charge in [0.15, 0.2) is 0 Å². The largest absolute Gasteiger partial charge is 0.314 e. The Hall–Kier alpha value is -0.740. The van der Waals surface area contributed by atoms with E-state index in [-0.39, 0.29) is 5.56 Å². The van der Waals surface area contributed by atoms with Crippen LogP contribution in [0.3, 0.4) is 0 Å². The predicted octanol–water partition coefficient (Wildman–Crippen LogP) is 4.66. The van der Waals surface area contributed by atoms with Gasteiger partial charge in [-0.1, -0.05) is 18.1 Å². The topological polar surface area (TPSA) is 12.0 Å². The smallest absolute Gasteiger partial charge is 0.147 e. The average molecular weight is 330 g/mol. The molecule has 1 heterocycles. The zero-order chi connectivity index (χ0) is 13.8. The fraction of sp³-hybridized carbons (Fsp3) is 0.467. The summed E-state index contributed by atoms with van der Waals surface area (Å²) in [6.07, 6.45) is 6.03. The first-order valence-corrected chi connectivity index (χ1v) is 7.41. The van der Waals surface area contributed by atoms with Gasteiger partial charge in [-0.25, -0.2) is 8.78 Å². The van der Waals surface area contributed by atoms with E-state index in [1.165, 1.54) is 25.0 Å². The molecule has 0 aromatic heterocycles. The van der Waals surface area contributed by atoms with Gasteiger partial charge in [0.05, 0.1) is 4.47 Å². The molecule has 0 bridgehead atoms. The van der Waals surface area contributed by atoms with Crippen LogP contribution in [0.5, 0.6) is 0 Å². The summed E-state index contributed by atoms with van der Waals surface area (Å²) in [5, 5.41) is 3.44. The van der Waals surface area contributed by atoms with Crippen LogP contribution in [0, 0.1) is 11.6 Å². The number of halogens is 3. The van der Waals surface area contributed by atoms with Crippen molar-refractivity contribution >= 4 is 22.0 Å². The first-order chi connectivity index (χ1) is 9.08. The van der Waals surface area contributed by atoms with Crippen molar-refractivity contribution in [2.75, 3.05) is 6.54 Å². The van der Waals surface area contributed by atoms with Crippen LogP contribution in [0.15, 0.2) is 22.2 Å². The Labute approximate surface area is 121 Å². The maximum Gasteiger partial charge on any atom is 0.147 e. The van der Waals surface area contributed by atoms with Crippen molar-refractivity contribution in [3.63, 3.8) is 0 Å². The number of hydrogen-bond donors (Lipinski definition) is 1. The van der Waals surface area contributed by atoms with E-state index in [2.05, 4.69) is 21.2 Å². The minimum atomic E-state index is -0.532. The van der Waals surface area contributed by atoms with E-state index in [1.807, 2.05) is 6.92 Å². The zero-order valence-corrected chi connectivity index (χ0v) is 12.6. The minimum Gasteiger partial charge on any atom is -0.314 e. The number of piperidine rings is 1. The highest BCUT2D eigenvalue weighted by atomic mass is 79.9. The molecule has 1 saturated heterocycles. The van der Waals surface area contributed by atoms with Crippen molar-refractivity contribution < 1.29 is 8.78 Å². The molecule has 0 radical (unpaired) electrons. The molecule has 1 unspecified atom stereocenters. The second kappa shape index (κ2) is 6.62. The third-order valence-electron chi connectivity index (χ3n) is 3.45. The Bertz CT molecular complexity index is 479. The van der Waals surface area contributed by atoms with Gasteiger partial charge in [-0.3, -0.25) is 0 Å². The van der Waals surface area contributed by atoms with Gasteiger partial charge < -0.3 is 5.32 Å². The van der Waals surface area contributed by atoms with Gasteiger partial charge in [0.2, 0.25) is 0 Å². The Morgan fingerprint density at radius 1 is 1.42 bits per heavy atom. The summed E-state index contributed by atoms with van der Waals surface area (Å²) in [6.45, 7) is 2.97. The standard InChI is InChI=1S/C15H18BrF2N/c1-10(8-11-4-2-3-7-19-11)9-12-14(17)6-5-13(16)15(12)18/h5-6,9,11,19H,2-4,7-8H2,1H3/b10-9-. The third kappa shape index (κ3) is 3.86. The van der Waals surface area contributed by atoms with Crippen molar-refractivity contribution in [2.45, 2.75) is 38.6 Å². The van der Waals surface area contributed by atoms with Gasteiger partial charge in [-0.2, -0.15) is 0 Å². The molecule has 0 saturated carbocycles. The molecule has 1 N–H and O–H groups in total. The molecule has 1 aliphatic heterocycles. The highest BCUT2D eigenvalue weighted by Crippen LogP contribution is 2.25. The molecule has 2 rings (SSSR count). The lowest BCUT2D eigenvalue weighted by Crippen LogP contribution is -2.33. The Kier molecular flexibility index (Phi) is 5.11. The molecule has 4 heteroatoms. The maximum atomic E-state index is 13.9. The highest BCUT2D eigenvalue weighted by molar-refractivity contribution is 9.10. The molecular formula is C15H18BrF2N. The lowest BCUT2D eigenvalue weighted by Gasteiger charge is -2.23. The summed E-state index contributed by atoms with van der Waals surface area (Å²) < 4.78 is 27.8. The van der Waals surface area contributed by atoms with Crippen LogP contribution in [-0.2, 0) is 0 Å². The second-order valence-electron chi connectivity index (χ2n) is 5.10. The molecule has 1 aliphatic rings. The van der Waals surface area contributed by atoms with Crippen molar-refractivity contribution in [1.29, 1.82) is 0 Å². The molecule has 1 aromatic carbocycles. The Balaban J connectivity index is 2.13. The Morgan fingerprint density at radius 3 is 2.89 bits per heavy atom. The lowest BCUT2D eigenvalue weighted by atomic mass is 9.97. The van der Waals surface area contributed by atoms with E-state index >= 15 is 0 Å². The van der Waals surface area contributed by atoms with Gasteiger partial charge in [0, 0.05) is 11.6 Å². The molecule has 1 aromatic rings. The van der Waals surface area contributed by atoms with Gasteiger partial charge in [0.25, 0.3) is 0 Å². The maximum absolute atomic E-state index is 13.9. The van der Waals surface area contributed by atoms with E-state index in [9.17, 15) is 8.78 Å². The van der Waals surface area contributed by atoms with Gasteiger partial charge in [0.1, 0.15) is 11.6 Å². The number of benzene rings is 1. The van der Waals surface area contributed by atoms with E-state index in [4.69, 9.17) is 0 Å². The predicted molar refractivity (Wildman–Crippen MR) is 78.0 cm³/mol. The van der Waals surface area contributed by atoms with E-state index in [0.717, 1.165) is 25.0 Å². The fourth-order valence-corrected chi connectivity index (χ4v) is 2.81. The summed E-state index contributed by atoms with van der Waals surface area (Å²) in [7, 11) is 0. The van der Waals surface area contributed by atoms with Crippen LogP contribution in [0.2, 0.25) is 0 Å². The molecular weight excluding hydrogens is 312 g/mol. The summed E-state index contributed by atoms with van der Waals surface area (Å²) in [6, 6.07) is 3.11. The van der Waals surface area contributed by atoms with Crippen molar-refractivity contribution in [3.8, 4) is 0 Å². The molecule has 0 amide bonds. The van der Waals surface area contributed by atoms with E-state index in [1.54, 1.807) is 6.08 Å². The van der Waals surface area contributed by atoms with Gasteiger partial charge in [-0.05, 0) is 60.8 Å². The quantitative estimate of drug-likeness (QED) is 0.795. The highest BCUT2D eigenvalue weighted by Gasteiger charge is 2.14. The number of nitrogens with one attached hydrogen (secondary N) is 1. The molecule has 1 atom stereocenters. The monoisotopic (exact) mass is 329 g/mol. The molecule has 0 aliphatic carbocycles. The van der Waals surface area contributed by atoms with Crippen molar-refractivity contribution in [1.82, 2.24) is 5.32 Å². The lowest BCUT2D eigenvalue weighted by molar-refractivity contribution is 0.399. The van der Waals surface area contributed by atoms with Crippen LogP contribution in [0.1, 0.15) is 38.2 Å². The van der Waals surface area contributed by atoms with E-state index in [0.29, 0.717) is 10.5 Å². The van der Waals surface area contributed by atoms with Crippen LogP contribution in [0.4, 0.5) is 8.78 Å². The minimum absolute atomic E-state index is 0.0442. The van der Waals surface area contributed by atoms with Gasteiger partial charge >= 0.3 is 0 Å². The second-order valence-corrected chi connectivity index (χ2v) is 5.95.